The molecule has 0 saturated carbocycles. The van der Waals surface area contributed by atoms with Gasteiger partial charge in [-0.1, -0.05) is 0 Å². The first-order valence-corrected chi connectivity index (χ1v) is 6.96. The molecule has 6 nitrogen and oxygen atoms in total. The van der Waals surface area contributed by atoms with E-state index in [1.807, 2.05) is 11.8 Å². The minimum Gasteiger partial charge on any atom is -0.477 e. The van der Waals surface area contributed by atoms with Gasteiger partial charge in [-0.15, -0.1) is 0 Å². The van der Waals surface area contributed by atoms with Crippen molar-refractivity contribution in [1.82, 2.24) is 15.3 Å². The summed E-state index contributed by atoms with van der Waals surface area (Å²) in [6.07, 6.45) is 3.41. The molecule has 0 aliphatic carbocycles. The number of rotatable bonds is 4. The molecule has 1 aliphatic heterocycles. The Morgan fingerprint density at radius 1 is 1.50 bits per heavy atom. The van der Waals surface area contributed by atoms with Crippen molar-refractivity contribution in [2.24, 2.45) is 5.92 Å². The van der Waals surface area contributed by atoms with Gasteiger partial charge in [-0.2, -0.15) is 11.8 Å². The Balaban J connectivity index is 1.91. The summed E-state index contributed by atoms with van der Waals surface area (Å²) in [4.78, 5) is 28.8. The van der Waals surface area contributed by atoms with Crippen molar-refractivity contribution in [3.63, 3.8) is 0 Å². The van der Waals surface area contributed by atoms with Crippen LogP contribution in [0, 0.1) is 5.92 Å². The van der Waals surface area contributed by atoms with Gasteiger partial charge in [0.1, 0.15) is 0 Å². The van der Waals surface area contributed by atoms with Gasteiger partial charge in [0.25, 0.3) is 5.91 Å². The first kappa shape index (κ1) is 12.9. The van der Waals surface area contributed by atoms with Crippen LogP contribution < -0.4 is 5.32 Å². The molecule has 98 valence electrons. The highest BCUT2D eigenvalue weighted by molar-refractivity contribution is 7.99. The predicted octanol–water partition coefficient (Wildman–Crippen LogP) is 0.981. The van der Waals surface area contributed by atoms with Crippen molar-refractivity contribution in [3.05, 3.63) is 17.7 Å². The summed E-state index contributed by atoms with van der Waals surface area (Å²) < 4.78 is 0. The fourth-order valence-corrected chi connectivity index (χ4v) is 3.10. The number of carbonyl (C=O) groups excluding carboxylic acids is 1. The molecular formula is C11H15N3O3S. The zero-order chi connectivity index (χ0) is 13.0. The largest absolute Gasteiger partial charge is 0.477 e. The third kappa shape index (κ3) is 3.04. The van der Waals surface area contributed by atoms with Crippen LogP contribution in [0.3, 0.4) is 0 Å². The number of imidazole rings is 1. The molecule has 1 aliphatic rings. The van der Waals surface area contributed by atoms with E-state index in [1.165, 1.54) is 6.33 Å². The number of aromatic carboxylic acids is 1. The number of hydrogen-bond acceptors (Lipinski definition) is 4. The number of carbonyl (C=O) groups is 2. The Morgan fingerprint density at radius 3 is 2.89 bits per heavy atom. The average molecular weight is 269 g/mol. The van der Waals surface area contributed by atoms with Crippen LogP contribution in [-0.4, -0.2) is 45.0 Å². The van der Waals surface area contributed by atoms with Crippen LogP contribution in [0.15, 0.2) is 6.33 Å². The van der Waals surface area contributed by atoms with E-state index in [4.69, 9.17) is 5.11 Å². The van der Waals surface area contributed by atoms with Gasteiger partial charge in [0, 0.05) is 6.54 Å². The van der Waals surface area contributed by atoms with Gasteiger partial charge in [-0.05, 0) is 30.3 Å². The molecule has 1 amide bonds. The molecule has 3 N–H and O–H groups in total. The molecule has 1 saturated heterocycles. The first-order chi connectivity index (χ1) is 8.68. The van der Waals surface area contributed by atoms with Gasteiger partial charge in [-0.3, -0.25) is 4.79 Å². The van der Waals surface area contributed by atoms with Crippen LogP contribution >= 0.6 is 11.8 Å². The molecule has 0 aromatic carbocycles. The highest BCUT2D eigenvalue weighted by atomic mass is 32.2. The van der Waals surface area contributed by atoms with E-state index in [2.05, 4.69) is 15.3 Å². The van der Waals surface area contributed by atoms with Crippen LogP contribution in [0.1, 0.15) is 33.8 Å². The normalized spacial score (nSPS) is 16.4. The molecule has 0 spiro atoms. The van der Waals surface area contributed by atoms with Gasteiger partial charge in [0.2, 0.25) is 0 Å². The van der Waals surface area contributed by atoms with Crippen LogP contribution in [0.5, 0.6) is 0 Å². The van der Waals surface area contributed by atoms with E-state index in [-0.39, 0.29) is 11.4 Å². The maximum Gasteiger partial charge on any atom is 0.354 e. The summed E-state index contributed by atoms with van der Waals surface area (Å²) in [5, 5.41) is 11.6. The Bertz CT molecular complexity index is 440. The molecule has 2 heterocycles. The zero-order valence-electron chi connectivity index (χ0n) is 9.81. The molecule has 0 unspecified atom stereocenters. The summed E-state index contributed by atoms with van der Waals surface area (Å²) in [5.41, 5.74) is -0.209. The summed E-state index contributed by atoms with van der Waals surface area (Å²) >= 11 is 1.93. The quantitative estimate of drug-likeness (QED) is 0.757. The summed E-state index contributed by atoms with van der Waals surface area (Å²) in [6.45, 7) is 0.589. The smallest absolute Gasteiger partial charge is 0.354 e. The van der Waals surface area contributed by atoms with Gasteiger partial charge >= 0.3 is 5.97 Å². The second-order valence-electron chi connectivity index (χ2n) is 4.20. The number of carboxylic acid groups (broad SMARTS) is 1. The second-order valence-corrected chi connectivity index (χ2v) is 5.42. The first-order valence-electron chi connectivity index (χ1n) is 5.81. The molecule has 2 rings (SSSR count). The Morgan fingerprint density at radius 2 is 2.22 bits per heavy atom. The predicted molar refractivity (Wildman–Crippen MR) is 67.9 cm³/mol. The molecular weight excluding hydrogens is 254 g/mol. The summed E-state index contributed by atoms with van der Waals surface area (Å²) in [5.74, 6) is 1.15. The number of aromatic amines is 1. The molecule has 1 fully saturated rings. The maximum absolute atomic E-state index is 11.8. The van der Waals surface area contributed by atoms with Crippen molar-refractivity contribution >= 4 is 23.6 Å². The number of H-pyrrole nitrogens is 1. The van der Waals surface area contributed by atoms with Crippen LogP contribution in [0.2, 0.25) is 0 Å². The maximum atomic E-state index is 11.8. The average Bonchev–Trinajstić information content (AvgIpc) is 2.86. The second kappa shape index (κ2) is 5.90. The SMILES string of the molecule is O=C(NCC1CCSCC1)c1nc[nH]c1C(=O)O. The van der Waals surface area contributed by atoms with E-state index in [9.17, 15) is 9.59 Å². The molecule has 18 heavy (non-hydrogen) atoms. The number of thioether (sulfide) groups is 1. The van der Waals surface area contributed by atoms with Crippen molar-refractivity contribution in [2.45, 2.75) is 12.8 Å². The number of nitrogens with zero attached hydrogens (tertiary/aromatic N) is 1. The van der Waals surface area contributed by atoms with Crippen LogP contribution in [0.4, 0.5) is 0 Å². The highest BCUT2D eigenvalue weighted by Gasteiger charge is 2.21. The topological polar surface area (TPSA) is 95.1 Å². The summed E-state index contributed by atoms with van der Waals surface area (Å²) in [6, 6.07) is 0. The molecule has 0 bridgehead atoms. The number of amides is 1. The van der Waals surface area contributed by atoms with Crippen LogP contribution in [0.25, 0.3) is 0 Å². The number of nitrogens with one attached hydrogen (secondary N) is 2. The molecule has 1 aromatic rings. The Kier molecular flexibility index (Phi) is 4.24. The Labute approximate surface area is 109 Å². The zero-order valence-corrected chi connectivity index (χ0v) is 10.6. The Hall–Kier alpha value is -1.50. The van der Waals surface area contributed by atoms with Gasteiger partial charge < -0.3 is 15.4 Å². The van der Waals surface area contributed by atoms with Gasteiger partial charge in [0.05, 0.1) is 6.33 Å². The molecule has 0 radical (unpaired) electrons. The number of carboxylic acids is 1. The van der Waals surface area contributed by atoms with Gasteiger partial charge in [0.15, 0.2) is 11.4 Å². The van der Waals surface area contributed by atoms with E-state index in [0.29, 0.717) is 12.5 Å². The van der Waals surface area contributed by atoms with Crippen molar-refractivity contribution < 1.29 is 14.7 Å². The third-order valence-electron chi connectivity index (χ3n) is 2.96. The third-order valence-corrected chi connectivity index (χ3v) is 4.01. The van der Waals surface area contributed by atoms with Gasteiger partial charge in [-0.25, -0.2) is 9.78 Å². The van der Waals surface area contributed by atoms with Crippen molar-refractivity contribution in [2.75, 3.05) is 18.1 Å². The lowest BCUT2D eigenvalue weighted by Gasteiger charge is -2.21. The summed E-state index contributed by atoms with van der Waals surface area (Å²) in [7, 11) is 0. The number of hydrogen-bond donors (Lipinski definition) is 3. The lowest BCUT2D eigenvalue weighted by atomic mass is 10.0. The lowest BCUT2D eigenvalue weighted by molar-refractivity contribution is 0.0685. The monoisotopic (exact) mass is 269 g/mol. The van der Waals surface area contributed by atoms with E-state index in [0.717, 1.165) is 24.3 Å². The fourth-order valence-electron chi connectivity index (χ4n) is 1.90. The van der Waals surface area contributed by atoms with Crippen LogP contribution in [-0.2, 0) is 0 Å². The van der Waals surface area contributed by atoms with E-state index in [1.54, 1.807) is 0 Å². The molecule has 7 heteroatoms. The number of aromatic nitrogens is 2. The van der Waals surface area contributed by atoms with E-state index >= 15 is 0 Å². The fraction of sp³-hybridized carbons (Fsp3) is 0.545. The molecule has 1 aromatic heterocycles. The minimum absolute atomic E-state index is 0.0484. The minimum atomic E-state index is -1.17. The highest BCUT2D eigenvalue weighted by Crippen LogP contribution is 2.21. The molecule has 0 atom stereocenters. The van der Waals surface area contributed by atoms with Crippen molar-refractivity contribution in [1.29, 1.82) is 0 Å². The van der Waals surface area contributed by atoms with E-state index < -0.39 is 11.9 Å². The lowest BCUT2D eigenvalue weighted by Crippen LogP contribution is -2.32. The van der Waals surface area contributed by atoms with Crippen molar-refractivity contribution in [3.8, 4) is 0 Å². The standard InChI is InChI=1S/C11H15N3O3S/c15-10(8-9(11(16)17)14-6-13-8)12-5-7-1-3-18-4-2-7/h6-7H,1-5H2,(H,12,15)(H,13,14)(H,16,17).